The van der Waals surface area contributed by atoms with E-state index in [-0.39, 0.29) is 0 Å². The van der Waals surface area contributed by atoms with E-state index in [2.05, 4.69) is 37.1 Å². The van der Waals surface area contributed by atoms with Gasteiger partial charge in [0.1, 0.15) is 11.5 Å². The Morgan fingerprint density at radius 3 is 2.43 bits per heavy atom. The van der Waals surface area contributed by atoms with Gasteiger partial charge in [0.05, 0.1) is 6.54 Å². The first-order valence-electron chi connectivity index (χ1n) is 8.76. The predicted molar refractivity (Wildman–Crippen MR) is 88.4 cm³/mol. The van der Waals surface area contributed by atoms with Crippen LogP contribution < -0.4 is 5.32 Å². The molecule has 1 aromatic heterocycles. The lowest BCUT2D eigenvalue weighted by atomic mass is 10.2. The molecule has 1 fully saturated rings. The summed E-state index contributed by atoms with van der Waals surface area (Å²) in [4.78, 5) is 2.59. The summed E-state index contributed by atoms with van der Waals surface area (Å²) in [5, 5.41) is 3.53. The average molecular weight is 292 g/mol. The number of nitrogens with zero attached hydrogens (tertiary/aromatic N) is 1. The normalized spacial score (nSPS) is 15.0. The lowest BCUT2D eigenvalue weighted by Gasteiger charge is -2.21. The number of aryl methyl sites for hydroxylation is 1. The van der Waals surface area contributed by atoms with Crippen LogP contribution >= 0.6 is 0 Å². The van der Waals surface area contributed by atoms with Crippen LogP contribution in [0.1, 0.15) is 69.5 Å². The van der Waals surface area contributed by atoms with E-state index in [9.17, 15) is 0 Å². The van der Waals surface area contributed by atoms with Crippen LogP contribution in [0, 0.1) is 6.92 Å². The van der Waals surface area contributed by atoms with E-state index in [1.54, 1.807) is 0 Å². The molecule has 1 aromatic rings. The summed E-state index contributed by atoms with van der Waals surface area (Å²) >= 11 is 0. The SMILES string of the molecule is CCCCN(CCCC)Cc1cc(CNC2CC2)oc1C. The van der Waals surface area contributed by atoms with Gasteiger partial charge in [0, 0.05) is 18.2 Å². The van der Waals surface area contributed by atoms with Crippen molar-refractivity contribution in [3.8, 4) is 0 Å². The Morgan fingerprint density at radius 1 is 1.19 bits per heavy atom. The summed E-state index contributed by atoms with van der Waals surface area (Å²) in [5.74, 6) is 2.20. The van der Waals surface area contributed by atoms with Gasteiger partial charge in [-0.2, -0.15) is 0 Å². The molecule has 3 heteroatoms. The van der Waals surface area contributed by atoms with E-state index in [0.29, 0.717) is 0 Å². The zero-order valence-electron chi connectivity index (χ0n) is 14.1. The van der Waals surface area contributed by atoms with Crippen LogP contribution in [0.3, 0.4) is 0 Å². The molecular formula is C18H32N2O. The van der Waals surface area contributed by atoms with Crippen molar-refractivity contribution in [2.45, 2.75) is 78.4 Å². The fourth-order valence-electron chi connectivity index (χ4n) is 2.64. The molecule has 1 aliphatic carbocycles. The van der Waals surface area contributed by atoms with Gasteiger partial charge in [-0.25, -0.2) is 0 Å². The van der Waals surface area contributed by atoms with Gasteiger partial charge in [0.2, 0.25) is 0 Å². The molecule has 1 N–H and O–H groups in total. The third kappa shape index (κ3) is 5.84. The Hall–Kier alpha value is -0.800. The molecule has 3 nitrogen and oxygen atoms in total. The molecule has 1 heterocycles. The Balaban J connectivity index is 1.87. The van der Waals surface area contributed by atoms with Crippen molar-refractivity contribution in [3.05, 3.63) is 23.2 Å². The van der Waals surface area contributed by atoms with E-state index in [1.807, 2.05) is 0 Å². The highest BCUT2D eigenvalue weighted by atomic mass is 16.3. The molecule has 0 spiro atoms. The van der Waals surface area contributed by atoms with Crippen molar-refractivity contribution in [2.24, 2.45) is 0 Å². The number of furan rings is 1. The van der Waals surface area contributed by atoms with Crippen molar-refractivity contribution in [1.82, 2.24) is 10.2 Å². The number of nitrogens with one attached hydrogen (secondary N) is 1. The Morgan fingerprint density at radius 2 is 1.86 bits per heavy atom. The third-order valence-corrected chi connectivity index (χ3v) is 4.26. The molecule has 0 aliphatic heterocycles. The van der Waals surface area contributed by atoms with Crippen LogP contribution in [0.4, 0.5) is 0 Å². The minimum absolute atomic E-state index is 0.740. The number of unbranched alkanes of at least 4 members (excludes halogenated alkanes) is 2. The first kappa shape index (κ1) is 16.6. The van der Waals surface area contributed by atoms with Crippen LogP contribution in [-0.2, 0) is 13.1 Å². The van der Waals surface area contributed by atoms with Crippen molar-refractivity contribution >= 4 is 0 Å². The fraction of sp³-hybridized carbons (Fsp3) is 0.778. The topological polar surface area (TPSA) is 28.4 Å². The molecule has 0 aromatic carbocycles. The van der Waals surface area contributed by atoms with E-state index in [1.165, 1.54) is 57.2 Å². The van der Waals surface area contributed by atoms with Crippen LogP contribution in [0.2, 0.25) is 0 Å². The van der Waals surface area contributed by atoms with Gasteiger partial charge in [-0.3, -0.25) is 4.90 Å². The highest BCUT2D eigenvalue weighted by molar-refractivity contribution is 5.21. The van der Waals surface area contributed by atoms with Crippen LogP contribution in [0.15, 0.2) is 10.5 Å². The molecule has 0 radical (unpaired) electrons. The Bertz CT molecular complexity index is 401. The van der Waals surface area contributed by atoms with Crippen molar-refractivity contribution in [3.63, 3.8) is 0 Å². The first-order chi connectivity index (χ1) is 10.2. The summed E-state index contributed by atoms with van der Waals surface area (Å²) in [7, 11) is 0. The molecule has 21 heavy (non-hydrogen) atoms. The lowest BCUT2D eigenvalue weighted by Crippen LogP contribution is -2.25. The summed E-state index contributed by atoms with van der Waals surface area (Å²) in [6.45, 7) is 11.0. The number of rotatable bonds is 11. The Kier molecular flexibility index (Phi) is 6.78. The van der Waals surface area contributed by atoms with E-state index in [0.717, 1.165) is 30.7 Å². The maximum Gasteiger partial charge on any atom is 0.118 e. The molecule has 0 atom stereocenters. The van der Waals surface area contributed by atoms with Gasteiger partial charge in [-0.05, 0) is 51.8 Å². The lowest BCUT2D eigenvalue weighted by molar-refractivity contribution is 0.255. The maximum atomic E-state index is 5.91. The zero-order valence-corrected chi connectivity index (χ0v) is 14.1. The molecule has 2 rings (SSSR count). The van der Waals surface area contributed by atoms with Gasteiger partial charge in [0.15, 0.2) is 0 Å². The second kappa shape index (κ2) is 8.60. The summed E-state index contributed by atoms with van der Waals surface area (Å²) in [6, 6.07) is 3.00. The largest absolute Gasteiger partial charge is 0.465 e. The molecule has 0 unspecified atom stereocenters. The van der Waals surface area contributed by atoms with Gasteiger partial charge < -0.3 is 9.73 Å². The molecular weight excluding hydrogens is 260 g/mol. The maximum absolute atomic E-state index is 5.91. The second-order valence-corrected chi connectivity index (χ2v) is 6.43. The van der Waals surface area contributed by atoms with Crippen LogP contribution in [0.5, 0.6) is 0 Å². The third-order valence-electron chi connectivity index (χ3n) is 4.26. The average Bonchev–Trinajstić information content (AvgIpc) is 3.24. The van der Waals surface area contributed by atoms with E-state index < -0.39 is 0 Å². The first-order valence-corrected chi connectivity index (χ1v) is 8.76. The highest BCUT2D eigenvalue weighted by Gasteiger charge is 2.21. The van der Waals surface area contributed by atoms with Crippen LogP contribution in [-0.4, -0.2) is 24.0 Å². The molecule has 0 bridgehead atoms. The predicted octanol–water partition coefficient (Wildman–Crippen LogP) is 4.24. The standard InChI is InChI=1S/C18H32N2O/c1-4-6-10-20(11-7-5-2)14-16-12-18(21-15(16)3)13-19-17-8-9-17/h12,17,19H,4-11,13-14H2,1-3H3. The zero-order chi connectivity index (χ0) is 15.1. The minimum atomic E-state index is 0.740. The quantitative estimate of drug-likeness (QED) is 0.661. The monoisotopic (exact) mass is 292 g/mol. The van der Waals surface area contributed by atoms with Crippen LogP contribution in [0.25, 0.3) is 0 Å². The number of hydrogen-bond donors (Lipinski definition) is 1. The second-order valence-electron chi connectivity index (χ2n) is 6.43. The summed E-state index contributed by atoms with van der Waals surface area (Å²) in [5.41, 5.74) is 1.37. The summed E-state index contributed by atoms with van der Waals surface area (Å²) in [6.07, 6.45) is 7.77. The van der Waals surface area contributed by atoms with E-state index in [4.69, 9.17) is 4.42 Å². The smallest absolute Gasteiger partial charge is 0.118 e. The highest BCUT2D eigenvalue weighted by Crippen LogP contribution is 2.21. The van der Waals surface area contributed by atoms with Gasteiger partial charge in [-0.15, -0.1) is 0 Å². The van der Waals surface area contributed by atoms with Gasteiger partial charge >= 0.3 is 0 Å². The van der Waals surface area contributed by atoms with Gasteiger partial charge in [-0.1, -0.05) is 26.7 Å². The Labute approximate surface area is 130 Å². The van der Waals surface area contributed by atoms with E-state index >= 15 is 0 Å². The van der Waals surface area contributed by atoms with Crippen molar-refractivity contribution in [2.75, 3.05) is 13.1 Å². The minimum Gasteiger partial charge on any atom is -0.465 e. The fourth-order valence-corrected chi connectivity index (χ4v) is 2.64. The summed E-state index contributed by atoms with van der Waals surface area (Å²) < 4.78 is 5.91. The van der Waals surface area contributed by atoms with Crippen molar-refractivity contribution < 1.29 is 4.42 Å². The molecule has 0 saturated heterocycles. The molecule has 0 amide bonds. The number of hydrogen-bond acceptors (Lipinski definition) is 3. The van der Waals surface area contributed by atoms with Crippen molar-refractivity contribution in [1.29, 1.82) is 0 Å². The molecule has 1 aliphatic rings. The molecule has 1 saturated carbocycles. The van der Waals surface area contributed by atoms with Gasteiger partial charge in [0.25, 0.3) is 0 Å². The molecule has 120 valence electrons.